The van der Waals surface area contributed by atoms with E-state index in [0.717, 1.165) is 49.9 Å². The van der Waals surface area contributed by atoms with Crippen LogP contribution in [0.3, 0.4) is 0 Å². The van der Waals surface area contributed by atoms with Gasteiger partial charge in [-0.15, -0.1) is 0 Å². The zero-order valence-corrected chi connectivity index (χ0v) is 18.9. The molecule has 0 saturated carbocycles. The minimum absolute atomic E-state index is 0.0235. The summed E-state index contributed by atoms with van der Waals surface area (Å²) in [5, 5.41) is 4.57. The molecule has 1 fully saturated rings. The van der Waals surface area contributed by atoms with Crippen molar-refractivity contribution in [3.8, 4) is 0 Å². The number of ketones is 1. The summed E-state index contributed by atoms with van der Waals surface area (Å²) >= 11 is 0. The number of anilines is 3. The summed E-state index contributed by atoms with van der Waals surface area (Å²) in [6.45, 7) is 1.79. The minimum Gasteiger partial charge on any atom is -0.355 e. The third-order valence-corrected chi connectivity index (χ3v) is 5.89. The fourth-order valence-electron chi connectivity index (χ4n) is 4.06. The molecule has 0 atom stereocenters. The van der Waals surface area contributed by atoms with Gasteiger partial charge in [0.1, 0.15) is 5.82 Å². The van der Waals surface area contributed by atoms with Crippen molar-refractivity contribution < 1.29 is 22.8 Å². The molecule has 1 aliphatic heterocycles. The number of halogens is 3. The number of nitrogens with zero attached hydrogens (tertiary/aromatic N) is 3. The van der Waals surface area contributed by atoms with Crippen molar-refractivity contribution >= 4 is 40.0 Å². The van der Waals surface area contributed by atoms with Crippen LogP contribution in [0.2, 0.25) is 0 Å². The lowest BCUT2D eigenvalue weighted by atomic mass is 10.0. The molecule has 1 saturated heterocycles. The van der Waals surface area contributed by atoms with Crippen LogP contribution in [0.25, 0.3) is 11.0 Å². The van der Waals surface area contributed by atoms with Crippen LogP contribution >= 0.6 is 0 Å². The quantitative estimate of drug-likeness (QED) is 0.359. The number of rotatable bonds is 5. The van der Waals surface area contributed by atoms with Gasteiger partial charge >= 0.3 is 6.03 Å². The number of hydrogen-bond acceptors (Lipinski definition) is 5. The lowest BCUT2D eigenvalue weighted by Gasteiger charge is -2.16. The summed E-state index contributed by atoms with van der Waals surface area (Å²) in [6, 6.07) is 10.7. The van der Waals surface area contributed by atoms with Crippen LogP contribution in [0.1, 0.15) is 28.8 Å². The number of aromatic nitrogens is 2. The number of carbonyl (C=O) groups is 2. The van der Waals surface area contributed by atoms with Crippen molar-refractivity contribution in [1.29, 1.82) is 0 Å². The van der Waals surface area contributed by atoms with Gasteiger partial charge in [-0.05, 0) is 55.3 Å². The second-order valence-corrected chi connectivity index (χ2v) is 8.33. The topological polar surface area (TPSA) is 87.2 Å². The Morgan fingerprint density at radius 1 is 0.861 bits per heavy atom. The maximum atomic E-state index is 15.2. The second kappa shape index (κ2) is 9.65. The molecule has 0 aliphatic carbocycles. The van der Waals surface area contributed by atoms with Crippen LogP contribution in [0.15, 0.2) is 60.8 Å². The Kier molecular flexibility index (Phi) is 6.24. The molecule has 1 aliphatic rings. The molecule has 36 heavy (non-hydrogen) atoms. The number of benzene rings is 3. The first-order valence-corrected chi connectivity index (χ1v) is 11.3. The monoisotopic (exact) mass is 491 g/mol. The Morgan fingerprint density at radius 3 is 2.44 bits per heavy atom. The SMILES string of the molecule is O=C(Nc1ccc(F)c(F)c1)Nc1cccc(C(=O)c2ccc3ncc(N4CCCC4)nc3c2)c1F. The molecule has 5 rings (SSSR count). The fraction of sp³-hybridized carbons (Fsp3) is 0.154. The van der Waals surface area contributed by atoms with E-state index in [0.29, 0.717) is 11.0 Å². The van der Waals surface area contributed by atoms with Crippen molar-refractivity contribution in [3.63, 3.8) is 0 Å². The highest BCUT2D eigenvalue weighted by molar-refractivity contribution is 6.11. The van der Waals surface area contributed by atoms with E-state index in [2.05, 4.69) is 25.5 Å². The predicted molar refractivity (Wildman–Crippen MR) is 130 cm³/mol. The van der Waals surface area contributed by atoms with Crippen molar-refractivity contribution in [2.45, 2.75) is 12.8 Å². The largest absolute Gasteiger partial charge is 0.355 e. The van der Waals surface area contributed by atoms with Gasteiger partial charge in [-0.2, -0.15) is 0 Å². The molecule has 182 valence electrons. The van der Waals surface area contributed by atoms with E-state index >= 15 is 4.39 Å². The van der Waals surface area contributed by atoms with Gasteiger partial charge in [0.15, 0.2) is 23.2 Å². The smallest absolute Gasteiger partial charge is 0.323 e. The molecule has 0 spiro atoms. The average Bonchev–Trinajstić information content (AvgIpc) is 3.42. The minimum atomic E-state index is -1.14. The first kappa shape index (κ1) is 23.3. The zero-order chi connectivity index (χ0) is 25.2. The summed E-state index contributed by atoms with van der Waals surface area (Å²) in [4.78, 5) is 36.6. The molecule has 1 aromatic heterocycles. The molecule has 2 amide bonds. The third kappa shape index (κ3) is 4.70. The first-order chi connectivity index (χ1) is 17.4. The number of hydrogen-bond donors (Lipinski definition) is 2. The van der Waals surface area contributed by atoms with Crippen molar-refractivity contribution in [2.75, 3.05) is 28.6 Å². The maximum absolute atomic E-state index is 15.2. The van der Waals surface area contributed by atoms with Crippen molar-refractivity contribution in [1.82, 2.24) is 9.97 Å². The molecule has 0 radical (unpaired) electrons. The van der Waals surface area contributed by atoms with Gasteiger partial charge in [0.2, 0.25) is 0 Å². The molecule has 3 aromatic carbocycles. The van der Waals surface area contributed by atoms with Gasteiger partial charge in [0, 0.05) is 30.4 Å². The van der Waals surface area contributed by atoms with E-state index < -0.39 is 29.3 Å². The highest BCUT2D eigenvalue weighted by Crippen LogP contribution is 2.24. The van der Waals surface area contributed by atoms with Crippen LogP contribution in [-0.4, -0.2) is 34.9 Å². The Labute approximate surface area is 204 Å². The van der Waals surface area contributed by atoms with Gasteiger partial charge < -0.3 is 15.5 Å². The van der Waals surface area contributed by atoms with Gasteiger partial charge in [0.05, 0.1) is 28.5 Å². The molecular weight excluding hydrogens is 471 g/mol. The van der Waals surface area contributed by atoms with Crippen LogP contribution in [0.4, 0.5) is 35.2 Å². The third-order valence-electron chi connectivity index (χ3n) is 5.89. The summed E-state index contributed by atoms with van der Waals surface area (Å²) in [6.07, 6.45) is 3.87. The van der Waals surface area contributed by atoms with E-state index in [1.807, 2.05) is 0 Å². The molecule has 0 bridgehead atoms. The molecule has 2 N–H and O–H groups in total. The van der Waals surface area contributed by atoms with E-state index in [1.54, 1.807) is 24.4 Å². The number of amides is 2. The lowest BCUT2D eigenvalue weighted by molar-refractivity contribution is 0.103. The van der Waals surface area contributed by atoms with Crippen molar-refractivity contribution in [2.24, 2.45) is 0 Å². The lowest BCUT2D eigenvalue weighted by Crippen LogP contribution is -2.21. The van der Waals surface area contributed by atoms with E-state index in [9.17, 15) is 18.4 Å². The summed E-state index contributed by atoms with van der Waals surface area (Å²) < 4.78 is 41.6. The predicted octanol–water partition coefficient (Wildman–Crippen LogP) is 5.52. The first-order valence-electron chi connectivity index (χ1n) is 11.3. The second-order valence-electron chi connectivity index (χ2n) is 8.33. The Hall–Kier alpha value is -4.47. The molecule has 4 aromatic rings. The number of fused-ring (bicyclic) bond motifs is 1. The summed E-state index contributed by atoms with van der Waals surface area (Å²) in [5.41, 5.74) is 0.828. The highest BCUT2D eigenvalue weighted by atomic mass is 19.2. The fourth-order valence-corrected chi connectivity index (χ4v) is 4.06. The van der Waals surface area contributed by atoms with Gasteiger partial charge in [0.25, 0.3) is 0 Å². The maximum Gasteiger partial charge on any atom is 0.323 e. The Bertz CT molecular complexity index is 1490. The molecular formula is C26H20F3N5O2. The number of nitrogens with one attached hydrogen (secondary N) is 2. The molecule has 7 nitrogen and oxygen atoms in total. The van der Waals surface area contributed by atoms with Crippen LogP contribution in [-0.2, 0) is 0 Å². The average molecular weight is 491 g/mol. The van der Waals surface area contributed by atoms with E-state index in [-0.39, 0.29) is 22.5 Å². The number of urea groups is 1. The van der Waals surface area contributed by atoms with E-state index in [1.165, 1.54) is 18.2 Å². The van der Waals surface area contributed by atoms with E-state index in [4.69, 9.17) is 0 Å². The summed E-state index contributed by atoms with van der Waals surface area (Å²) in [7, 11) is 0. The van der Waals surface area contributed by atoms with Crippen LogP contribution < -0.4 is 15.5 Å². The molecule has 2 heterocycles. The Morgan fingerprint density at radius 2 is 1.67 bits per heavy atom. The normalized spacial score (nSPS) is 13.1. The summed E-state index contributed by atoms with van der Waals surface area (Å²) in [5.74, 6) is -2.99. The van der Waals surface area contributed by atoms with Gasteiger partial charge in [-0.25, -0.2) is 22.9 Å². The van der Waals surface area contributed by atoms with Gasteiger partial charge in [-0.3, -0.25) is 9.78 Å². The van der Waals surface area contributed by atoms with Crippen molar-refractivity contribution in [3.05, 3.63) is 89.4 Å². The highest BCUT2D eigenvalue weighted by Gasteiger charge is 2.20. The zero-order valence-electron chi connectivity index (χ0n) is 18.9. The number of carbonyl (C=O) groups excluding carboxylic acids is 2. The Balaban J connectivity index is 1.37. The van der Waals surface area contributed by atoms with Crippen LogP contribution in [0.5, 0.6) is 0 Å². The van der Waals surface area contributed by atoms with Gasteiger partial charge in [-0.1, -0.05) is 6.07 Å². The van der Waals surface area contributed by atoms with Crippen LogP contribution in [0, 0.1) is 17.5 Å². The molecule has 10 heteroatoms. The standard InChI is InChI=1S/C26H20F3N5O2/c27-18-8-7-16(13-19(18)28)31-26(36)33-21-5-3-4-17(24(21)29)25(35)15-6-9-20-22(12-15)32-23(14-30-20)34-10-1-2-11-34/h3-9,12-14H,1-2,10-11H2,(H2,31,33,36). The molecule has 0 unspecified atom stereocenters.